The lowest BCUT2D eigenvalue weighted by atomic mass is 10.0. The van der Waals surface area contributed by atoms with Gasteiger partial charge in [-0.15, -0.1) is 11.8 Å². The number of aromatic amines is 1. The number of hydrogen-bond acceptors (Lipinski definition) is 11. The average Bonchev–Trinajstić information content (AvgIpc) is 3.60. The molecule has 0 spiro atoms. The summed E-state index contributed by atoms with van der Waals surface area (Å²) in [6, 6.07) is 4.83. The van der Waals surface area contributed by atoms with E-state index in [0.29, 0.717) is 11.3 Å². The summed E-state index contributed by atoms with van der Waals surface area (Å²) in [4.78, 5) is 51.2. The number of β-lactam (4-membered cyclic amide) rings is 1. The van der Waals surface area contributed by atoms with E-state index in [4.69, 9.17) is 10.6 Å². The Balaban J connectivity index is 1.32. The smallest absolute Gasteiger partial charge is 0.278 e. The first kappa shape index (κ1) is 25.4. The number of hydrogen-bond donors (Lipinski definition) is 3. The van der Waals surface area contributed by atoms with Crippen molar-refractivity contribution in [1.82, 2.24) is 24.6 Å². The summed E-state index contributed by atoms with van der Waals surface area (Å²) >= 11 is 2.23. The fourth-order valence-electron chi connectivity index (χ4n) is 4.13. The average molecular weight is 555 g/mol. The number of carbonyl (C=O) groups is 3. The SMILES string of the molecule is CCO/N=C(\C(=O)N[C@@H]1C(=O)N2C(C(=O)[O-])=C(C[n+]3ccc(-c4cc[nH]c4)cc3)CS[C@H]12)c1nsc(N)n1. The van der Waals surface area contributed by atoms with Crippen molar-refractivity contribution in [2.24, 2.45) is 5.16 Å². The van der Waals surface area contributed by atoms with Gasteiger partial charge in [-0.25, -0.2) is 4.57 Å². The van der Waals surface area contributed by atoms with Crippen LogP contribution in [0, 0.1) is 0 Å². The molecular weight excluding hydrogens is 532 g/mol. The highest BCUT2D eigenvalue weighted by Gasteiger charge is 2.53. The molecule has 2 amide bonds. The first-order valence-electron chi connectivity index (χ1n) is 11.5. The summed E-state index contributed by atoms with van der Waals surface area (Å²) in [7, 11) is 0. The molecule has 5 heterocycles. The molecule has 5 rings (SSSR count). The lowest BCUT2D eigenvalue weighted by Crippen LogP contribution is -2.71. The summed E-state index contributed by atoms with van der Waals surface area (Å²) in [5.41, 5.74) is 7.78. The van der Waals surface area contributed by atoms with E-state index in [0.717, 1.165) is 27.6 Å². The van der Waals surface area contributed by atoms with Crippen molar-refractivity contribution < 1.29 is 28.9 Å². The van der Waals surface area contributed by atoms with Gasteiger partial charge in [-0.3, -0.25) is 14.5 Å². The number of carboxylic acids is 1. The predicted octanol–water partition coefficient (Wildman–Crippen LogP) is -0.752. The maximum absolute atomic E-state index is 13.0. The van der Waals surface area contributed by atoms with Gasteiger partial charge in [0, 0.05) is 47.4 Å². The molecule has 13 nitrogen and oxygen atoms in total. The number of nitrogens with one attached hydrogen (secondary N) is 2. The molecule has 4 N–H and O–H groups in total. The summed E-state index contributed by atoms with van der Waals surface area (Å²) in [5.74, 6) is -2.45. The maximum atomic E-state index is 13.0. The maximum Gasteiger partial charge on any atom is 0.278 e. The second kappa shape index (κ2) is 10.6. The van der Waals surface area contributed by atoms with Crippen LogP contribution >= 0.6 is 23.3 Å². The molecule has 3 aromatic rings. The zero-order chi connectivity index (χ0) is 26.8. The van der Waals surface area contributed by atoms with E-state index in [1.807, 2.05) is 47.6 Å². The van der Waals surface area contributed by atoms with Crippen LogP contribution in [0.2, 0.25) is 0 Å². The van der Waals surface area contributed by atoms with Crippen LogP contribution in [0.3, 0.4) is 0 Å². The second-order valence-electron chi connectivity index (χ2n) is 8.27. The van der Waals surface area contributed by atoms with Gasteiger partial charge in [-0.05, 0) is 24.1 Å². The largest absolute Gasteiger partial charge is 0.543 e. The highest BCUT2D eigenvalue weighted by atomic mass is 32.2. The molecule has 2 aliphatic rings. The second-order valence-corrected chi connectivity index (χ2v) is 10.2. The van der Waals surface area contributed by atoms with Gasteiger partial charge >= 0.3 is 0 Å². The van der Waals surface area contributed by atoms with Gasteiger partial charge in [0.25, 0.3) is 11.8 Å². The van der Waals surface area contributed by atoms with Crippen LogP contribution in [-0.4, -0.2) is 66.5 Å². The van der Waals surface area contributed by atoms with Gasteiger partial charge in [0.2, 0.25) is 11.5 Å². The number of nitrogen functional groups attached to an aromatic ring is 1. The number of nitrogens with two attached hydrogens (primary N) is 1. The lowest BCUT2D eigenvalue weighted by Gasteiger charge is -2.50. The molecule has 0 unspecified atom stereocenters. The standard InChI is InChI=1S/C23H22N8O5S2/c1-2-36-28-15(18-27-23(24)38-29-18)19(32)26-16-20(33)31-17(22(34)35)14(11-37-21(16)31)10-30-7-4-12(5-8-30)13-3-6-25-9-13/h3-9,16,21H,2,10-11H2,1H3,(H4,24,26,27,29,32,34,35)/b28-15-/t16-,21-/m1/s1. The Kier molecular flexibility index (Phi) is 7.11. The van der Waals surface area contributed by atoms with Gasteiger partial charge in [0.15, 0.2) is 24.1 Å². The molecule has 1 saturated heterocycles. The molecule has 15 heteroatoms. The van der Waals surface area contributed by atoms with E-state index >= 15 is 0 Å². The lowest BCUT2D eigenvalue weighted by molar-refractivity contribution is -0.689. The number of carboxylic acid groups (broad SMARTS) is 1. The minimum Gasteiger partial charge on any atom is -0.543 e. The van der Waals surface area contributed by atoms with Crippen molar-refractivity contribution in [2.75, 3.05) is 18.1 Å². The van der Waals surface area contributed by atoms with Gasteiger partial charge in [-0.2, -0.15) is 9.36 Å². The first-order chi connectivity index (χ1) is 18.4. The molecule has 38 heavy (non-hydrogen) atoms. The van der Waals surface area contributed by atoms with E-state index in [2.05, 4.69) is 24.8 Å². The van der Waals surface area contributed by atoms with Crippen molar-refractivity contribution in [1.29, 1.82) is 0 Å². The van der Waals surface area contributed by atoms with Crippen molar-refractivity contribution in [2.45, 2.75) is 24.9 Å². The third kappa shape index (κ3) is 4.84. The summed E-state index contributed by atoms with van der Waals surface area (Å²) in [6.45, 7) is 2.15. The predicted molar refractivity (Wildman–Crippen MR) is 136 cm³/mol. The number of anilines is 1. The topological polar surface area (TPSA) is 183 Å². The Bertz CT molecular complexity index is 1430. The molecule has 0 saturated carbocycles. The Morgan fingerprint density at radius 3 is 2.76 bits per heavy atom. The Morgan fingerprint density at radius 2 is 2.13 bits per heavy atom. The fourth-order valence-corrected chi connectivity index (χ4v) is 5.90. The first-order valence-corrected chi connectivity index (χ1v) is 13.3. The van der Waals surface area contributed by atoms with Crippen LogP contribution in [0.5, 0.6) is 0 Å². The number of H-pyrrole nitrogens is 1. The summed E-state index contributed by atoms with van der Waals surface area (Å²) in [5, 5.41) is 18.0. The number of oxime groups is 1. The van der Waals surface area contributed by atoms with E-state index in [-0.39, 0.29) is 35.5 Å². The van der Waals surface area contributed by atoms with Crippen LogP contribution in [0.15, 0.2) is 59.4 Å². The quantitative estimate of drug-likeness (QED) is 0.133. The van der Waals surface area contributed by atoms with Gasteiger partial charge in [0.05, 0.1) is 11.7 Å². The third-order valence-corrected chi connectivity index (χ3v) is 7.76. The Hall–Kier alpha value is -4.24. The van der Waals surface area contributed by atoms with Crippen molar-refractivity contribution in [3.05, 3.63) is 60.1 Å². The number of carbonyl (C=O) groups excluding carboxylic acids is 3. The van der Waals surface area contributed by atoms with Crippen molar-refractivity contribution in [3.63, 3.8) is 0 Å². The van der Waals surface area contributed by atoms with Crippen LogP contribution in [0.1, 0.15) is 12.7 Å². The zero-order valence-corrected chi connectivity index (χ0v) is 21.6. The molecule has 196 valence electrons. The van der Waals surface area contributed by atoms with E-state index < -0.39 is 29.2 Å². The van der Waals surface area contributed by atoms with Crippen LogP contribution in [0.4, 0.5) is 5.13 Å². The third-order valence-electron chi connectivity index (χ3n) is 5.88. The van der Waals surface area contributed by atoms with E-state index in [9.17, 15) is 19.5 Å². The summed E-state index contributed by atoms with van der Waals surface area (Å²) < 4.78 is 5.82. The van der Waals surface area contributed by atoms with Gasteiger partial charge in [-0.1, -0.05) is 5.16 Å². The Morgan fingerprint density at radius 1 is 1.34 bits per heavy atom. The molecular formula is C23H22N8O5S2. The molecule has 0 radical (unpaired) electrons. The number of thioether (sulfide) groups is 1. The number of fused-ring (bicyclic) bond motifs is 1. The highest BCUT2D eigenvalue weighted by Crippen LogP contribution is 2.40. The number of amides is 2. The molecule has 2 atom stereocenters. The minimum atomic E-state index is -1.45. The molecule has 1 fully saturated rings. The molecule has 2 aliphatic heterocycles. The van der Waals surface area contributed by atoms with Crippen LogP contribution in [-0.2, 0) is 25.8 Å². The fraction of sp³-hybridized carbons (Fsp3) is 0.261. The number of rotatable bonds is 9. The number of aromatic nitrogens is 4. The molecule has 0 bridgehead atoms. The van der Waals surface area contributed by atoms with Crippen molar-refractivity contribution >= 4 is 51.9 Å². The minimum absolute atomic E-state index is 0.0319. The van der Waals surface area contributed by atoms with Crippen molar-refractivity contribution in [3.8, 4) is 11.1 Å². The Labute approximate surface area is 224 Å². The normalized spacial score (nSPS) is 19.1. The monoisotopic (exact) mass is 554 g/mol. The van der Waals surface area contributed by atoms with Crippen LogP contribution < -0.4 is 20.7 Å². The number of pyridine rings is 1. The highest BCUT2D eigenvalue weighted by molar-refractivity contribution is 8.00. The molecule has 0 aliphatic carbocycles. The summed E-state index contributed by atoms with van der Waals surface area (Å²) in [6.07, 6.45) is 7.41. The molecule has 0 aromatic carbocycles. The zero-order valence-electron chi connectivity index (χ0n) is 20.0. The van der Waals surface area contributed by atoms with E-state index in [1.165, 1.54) is 11.8 Å². The van der Waals surface area contributed by atoms with Crippen LogP contribution in [0.25, 0.3) is 11.1 Å². The number of nitrogens with zero attached hydrogens (tertiary/aromatic N) is 5. The van der Waals surface area contributed by atoms with Gasteiger partial charge < -0.3 is 30.8 Å². The van der Waals surface area contributed by atoms with Gasteiger partial charge in [0.1, 0.15) is 18.0 Å². The molecule has 3 aromatic heterocycles. The van der Waals surface area contributed by atoms with E-state index in [1.54, 1.807) is 6.92 Å². The number of aliphatic carboxylic acids is 1.